The predicted molar refractivity (Wildman–Crippen MR) is 100.0 cm³/mol. The number of halogens is 1. The number of nitrogens with zero attached hydrogens (tertiary/aromatic N) is 1. The Labute approximate surface area is 158 Å². The number of benzene rings is 2. The molecule has 2 aromatic rings. The second-order valence-corrected chi connectivity index (χ2v) is 8.21. The summed E-state index contributed by atoms with van der Waals surface area (Å²) < 4.78 is 30.9. The van der Waals surface area contributed by atoms with Crippen LogP contribution in [0.15, 0.2) is 48.5 Å². The van der Waals surface area contributed by atoms with E-state index in [1.165, 1.54) is 4.31 Å². The largest absolute Gasteiger partial charge is 0.492 e. The molecule has 0 atom stereocenters. The molecular weight excluding hydrogens is 378 g/mol. The van der Waals surface area contributed by atoms with Crippen LogP contribution in [0, 0.1) is 0 Å². The number of hydrogen-bond acceptors (Lipinski definition) is 4. The average molecular weight is 398 g/mol. The minimum atomic E-state index is -3.45. The molecule has 0 spiro atoms. The Morgan fingerprint density at radius 1 is 1.15 bits per heavy atom. The van der Waals surface area contributed by atoms with Gasteiger partial charge in [-0.05, 0) is 29.3 Å². The molecule has 0 aliphatic rings. The molecule has 0 heterocycles. The van der Waals surface area contributed by atoms with Crippen molar-refractivity contribution in [3.8, 4) is 5.75 Å². The van der Waals surface area contributed by atoms with Gasteiger partial charge in [0.05, 0.1) is 12.7 Å². The highest BCUT2D eigenvalue weighted by Gasteiger charge is 2.17. The lowest BCUT2D eigenvalue weighted by Gasteiger charge is -2.20. The molecule has 1 N–H and O–H groups in total. The maximum atomic E-state index is 12.1. The van der Waals surface area contributed by atoms with Crippen molar-refractivity contribution < 1.29 is 23.1 Å². The van der Waals surface area contributed by atoms with Gasteiger partial charge in [-0.3, -0.25) is 4.79 Å². The quantitative estimate of drug-likeness (QED) is 0.703. The van der Waals surface area contributed by atoms with E-state index in [-0.39, 0.29) is 26.1 Å². The molecule has 0 saturated carbocycles. The Balaban J connectivity index is 2.02. The zero-order chi connectivity index (χ0) is 19.2. The van der Waals surface area contributed by atoms with Gasteiger partial charge in [-0.15, -0.1) is 0 Å². The van der Waals surface area contributed by atoms with Crippen LogP contribution in [0.25, 0.3) is 0 Å². The topological polar surface area (TPSA) is 83.9 Å². The maximum absolute atomic E-state index is 12.1. The van der Waals surface area contributed by atoms with E-state index >= 15 is 0 Å². The molecule has 2 rings (SSSR count). The van der Waals surface area contributed by atoms with Crippen molar-refractivity contribution >= 4 is 27.6 Å². The molecule has 6 nitrogen and oxygen atoms in total. The Kier molecular flexibility index (Phi) is 7.02. The number of carbonyl (C=O) groups is 1. The summed E-state index contributed by atoms with van der Waals surface area (Å²) in [5.41, 5.74) is 1.34. The van der Waals surface area contributed by atoms with E-state index < -0.39 is 16.0 Å². The lowest BCUT2D eigenvalue weighted by molar-refractivity contribution is -0.136. The number of aliphatic carboxylic acids is 1. The molecule has 0 aliphatic heterocycles. The van der Waals surface area contributed by atoms with Gasteiger partial charge < -0.3 is 9.84 Å². The molecule has 8 heteroatoms. The van der Waals surface area contributed by atoms with Gasteiger partial charge in [0.1, 0.15) is 12.4 Å². The van der Waals surface area contributed by atoms with Gasteiger partial charge in [-0.2, -0.15) is 4.31 Å². The first-order valence-corrected chi connectivity index (χ1v) is 10.1. The van der Waals surface area contributed by atoms with Crippen LogP contribution in [-0.2, 0) is 27.8 Å². The number of carboxylic acids is 1. The molecule has 0 fully saturated rings. The molecule has 0 unspecified atom stereocenters. The molecule has 2 aromatic carbocycles. The molecule has 0 saturated heterocycles. The predicted octanol–water partition coefficient (Wildman–Crippen LogP) is 2.81. The molecule has 0 aliphatic carbocycles. The highest BCUT2D eigenvalue weighted by Crippen LogP contribution is 2.17. The number of rotatable bonds is 9. The minimum Gasteiger partial charge on any atom is -0.492 e. The third kappa shape index (κ3) is 6.67. The van der Waals surface area contributed by atoms with Gasteiger partial charge in [0, 0.05) is 18.1 Å². The van der Waals surface area contributed by atoms with Crippen LogP contribution in [0.4, 0.5) is 0 Å². The second-order valence-electron chi connectivity index (χ2n) is 5.79. The summed E-state index contributed by atoms with van der Waals surface area (Å²) in [6, 6.07) is 13.8. The Morgan fingerprint density at radius 3 is 2.50 bits per heavy atom. The molecule has 0 aromatic heterocycles. The number of hydrogen-bond donors (Lipinski definition) is 1. The van der Waals surface area contributed by atoms with Gasteiger partial charge in [0.25, 0.3) is 0 Å². The summed E-state index contributed by atoms with van der Waals surface area (Å²) in [6.07, 6.45) is 1.03. The van der Waals surface area contributed by atoms with Crippen LogP contribution in [0.2, 0.25) is 5.02 Å². The van der Waals surface area contributed by atoms with Gasteiger partial charge >= 0.3 is 5.97 Å². The zero-order valence-electron chi connectivity index (χ0n) is 14.3. The van der Waals surface area contributed by atoms with Crippen molar-refractivity contribution in [3.05, 3.63) is 64.7 Å². The molecule has 0 bridgehead atoms. The summed E-state index contributed by atoms with van der Waals surface area (Å²) in [5.74, 6) is -0.369. The molecule has 0 amide bonds. The summed E-state index contributed by atoms with van der Waals surface area (Å²) in [5, 5.41) is 9.42. The minimum absolute atomic E-state index is 0.107. The van der Waals surface area contributed by atoms with Crippen LogP contribution in [0.3, 0.4) is 0 Å². The van der Waals surface area contributed by atoms with Crippen LogP contribution in [-0.4, -0.2) is 43.2 Å². The van der Waals surface area contributed by atoms with Crippen LogP contribution in [0.5, 0.6) is 5.75 Å². The normalized spacial score (nSPS) is 11.5. The van der Waals surface area contributed by atoms with Crippen LogP contribution in [0.1, 0.15) is 11.1 Å². The Bertz CT molecular complexity index is 869. The SMILES string of the molecule is CS(=O)(=O)N(CCOc1cccc(Cl)c1)Cc1cccc(CC(=O)O)c1. The molecule has 26 heavy (non-hydrogen) atoms. The van der Waals surface area contributed by atoms with E-state index in [0.717, 1.165) is 11.8 Å². The fourth-order valence-corrected chi connectivity index (χ4v) is 3.37. The summed E-state index contributed by atoms with van der Waals surface area (Å²) in [4.78, 5) is 10.8. The Morgan fingerprint density at radius 2 is 1.85 bits per heavy atom. The third-order valence-corrected chi connectivity index (χ3v) is 5.06. The van der Waals surface area contributed by atoms with E-state index in [1.54, 1.807) is 48.5 Å². The Hall–Kier alpha value is -2.09. The number of ether oxygens (including phenoxy) is 1. The highest BCUT2D eigenvalue weighted by atomic mass is 35.5. The standard InChI is InChI=1S/C18H20ClNO5S/c1-26(23,24)20(8-9-25-17-7-3-6-16(19)12-17)13-15-5-2-4-14(10-15)11-18(21)22/h2-7,10,12H,8-9,11,13H2,1H3,(H,21,22). The van der Waals surface area contributed by atoms with E-state index in [2.05, 4.69) is 0 Å². The van der Waals surface area contributed by atoms with E-state index in [1.807, 2.05) is 0 Å². The van der Waals surface area contributed by atoms with Crippen LogP contribution >= 0.6 is 11.6 Å². The third-order valence-electron chi connectivity index (χ3n) is 3.58. The molecular formula is C18H20ClNO5S. The van der Waals surface area contributed by atoms with Gasteiger partial charge in [0.2, 0.25) is 10.0 Å². The molecule has 140 valence electrons. The molecule has 0 radical (unpaired) electrons. The van der Waals surface area contributed by atoms with Crippen molar-refractivity contribution in [2.45, 2.75) is 13.0 Å². The summed E-state index contributed by atoms with van der Waals surface area (Å²) in [6.45, 7) is 0.474. The average Bonchev–Trinajstić information content (AvgIpc) is 2.53. The van der Waals surface area contributed by atoms with Gasteiger partial charge in [-0.1, -0.05) is 41.9 Å². The summed E-state index contributed by atoms with van der Waals surface area (Å²) >= 11 is 5.89. The lowest BCUT2D eigenvalue weighted by Crippen LogP contribution is -2.33. The zero-order valence-corrected chi connectivity index (χ0v) is 15.8. The number of carboxylic acid groups (broad SMARTS) is 1. The fraction of sp³-hybridized carbons (Fsp3) is 0.278. The lowest BCUT2D eigenvalue weighted by atomic mass is 10.1. The second kappa shape index (κ2) is 9.02. The monoisotopic (exact) mass is 397 g/mol. The maximum Gasteiger partial charge on any atom is 0.307 e. The number of sulfonamides is 1. The first kappa shape index (κ1) is 20.2. The van der Waals surface area contributed by atoms with Gasteiger partial charge in [-0.25, -0.2) is 8.42 Å². The van der Waals surface area contributed by atoms with Crippen molar-refractivity contribution in [2.24, 2.45) is 0 Å². The van der Waals surface area contributed by atoms with Crippen molar-refractivity contribution in [3.63, 3.8) is 0 Å². The smallest absolute Gasteiger partial charge is 0.307 e. The fourth-order valence-electron chi connectivity index (χ4n) is 2.40. The van der Waals surface area contributed by atoms with Crippen LogP contribution < -0.4 is 4.74 Å². The van der Waals surface area contributed by atoms with Gasteiger partial charge in [0.15, 0.2) is 0 Å². The first-order valence-electron chi connectivity index (χ1n) is 7.87. The first-order chi connectivity index (χ1) is 12.2. The van der Waals surface area contributed by atoms with Crippen molar-refractivity contribution in [1.29, 1.82) is 0 Å². The van der Waals surface area contributed by atoms with Crippen molar-refractivity contribution in [2.75, 3.05) is 19.4 Å². The summed E-state index contributed by atoms with van der Waals surface area (Å²) in [7, 11) is -3.45. The highest BCUT2D eigenvalue weighted by molar-refractivity contribution is 7.88. The van der Waals surface area contributed by atoms with E-state index in [0.29, 0.717) is 16.3 Å². The van der Waals surface area contributed by atoms with Crippen molar-refractivity contribution in [1.82, 2.24) is 4.31 Å². The van der Waals surface area contributed by atoms with E-state index in [9.17, 15) is 13.2 Å². The van der Waals surface area contributed by atoms with E-state index in [4.69, 9.17) is 21.4 Å².